The highest BCUT2D eigenvalue weighted by molar-refractivity contribution is 7.14. The summed E-state index contributed by atoms with van der Waals surface area (Å²) in [5.74, 6) is -2.16. The number of alkyl halides is 2. The van der Waals surface area contributed by atoms with Crippen molar-refractivity contribution in [1.29, 1.82) is 0 Å². The Morgan fingerprint density at radius 1 is 1.20 bits per heavy atom. The molecule has 1 amide bonds. The molecular weight excluding hydrogens is 551 g/mol. The quantitative estimate of drug-likeness (QED) is 0.318. The molecule has 0 radical (unpaired) electrons. The highest BCUT2D eigenvalue weighted by atomic mass is 32.1. The number of aromatic nitrogens is 2. The molecule has 3 aromatic rings. The van der Waals surface area contributed by atoms with E-state index in [0.717, 1.165) is 17.7 Å². The van der Waals surface area contributed by atoms with Crippen LogP contribution in [0.3, 0.4) is 0 Å². The summed E-state index contributed by atoms with van der Waals surface area (Å²) in [6, 6.07) is 7.32. The predicted molar refractivity (Wildman–Crippen MR) is 141 cm³/mol. The molecule has 4 rings (SSSR count). The highest BCUT2D eigenvalue weighted by Crippen LogP contribution is 2.40. The van der Waals surface area contributed by atoms with E-state index >= 15 is 4.39 Å². The molecule has 13 heteroatoms. The first kappa shape index (κ1) is 29.3. The van der Waals surface area contributed by atoms with E-state index in [4.69, 9.17) is 9.47 Å². The van der Waals surface area contributed by atoms with E-state index in [9.17, 15) is 23.5 Å². The van der Waals surface area contributed by atoms with E-state index in [-0.39, 0.29) is 34.5 Å². The van der Waals surface area contributed by atoms with E-state index in [0.29, 0.717) is 48.0 Å². The summed E-state index contributed by atoms with van der Waals surface area (Å²) in [5, 5.41) is 8.67. The van der Waals surface area contributed by atoms with Crippen molar-refractivity contribution in [3.63, 3.8) is 0 Å². The summed E-state index contributed by atoms with van der Waals surface area (Å²) >= 11 is 0.593. The minimum absolute atomic E-state index is 0.00106. The van der Waals surface area contributed by atoms with E-state index < -0.39 is 29.5 Å². The fraction of sp³-hybridized carbons (Fsp3) is 0.407. The second-order valence-electron chi connectivity index (χ2n) is 9.28. The molecule has 2 aromatic heterocycles. The van der Waals surface area contributed by atoms with Gasteiger partial charge in [0.15, 0.2) is 5.13 Å². The lowest BCUT2D eigenvalue weighted by molar-refractivity contribution is -0.141. The lowest BCUT2D eigenvalue weighted by Crippen LogP contribution is -2.35. The van der Waals surface area contributed by atoms with Crippen LogP contribution in [0.5, 0.6) is 11.6 Å². The molecule has 1 aliphatic heterocycles. The third-order valence-electron chi connectivity index (χ3n) is 6.65. The summed E-state index contributed by atoms with van der Waals surface area (Å²) in [7, 11) is 2.87. The molecular formula is C27H28F3N3O6S. The first-order valence-electron chi connectivity index (χ1n) is 12.5. The lowest BCUT2D eigenvalue weighted by Gasteiger charge is -2.27. The van der Waals surface area contributed by atoms with Crippen LogP contribution < -0.4 is 14.4 Å². The normalized spacial score (nSPS) is 14.7. The number of hydrogen-bond donors (Lipinski definition) is 1. The number of carbonyl (C=O) groups is 2. The van der Waals surface area contributed by atoms with Crippen molar-refractivity contribution in [1.82, 2.24) is 9.97 Å². The van der Waals surface area contributed by atoms with Crippen molar-refractivity contribution >= 4 is 28.3 Å². The van der Waals surface area contributed by atoms with Gasteiger partial charge in [-0.15, -0.1) is 0 Å². The van der Waals surface area contributed by atoms with Crippen LogP contribution >= 0.6 is 11.3 Å². The van der Waals surface area contributed by atoms with Gasteiger partial charge >= 0.3 is 12.6 Å². The van der Waals surface area contributed by atoms with Crippen LogP contribution in [0.25, 0.3) is 22.4 Å². The van der Waals surface area contributed by atoms with Crippen molar-refractivity contribution in [2.45, 2.75) is 32.3 Å². The first-order chi connectivity index (χ1) is 19.2. The summed E-state index contributed by atoms with van der Waals surface area (Å²) in [6.45, 7) is -1.99. The molecule has 1 N–H and O–H groups in total. The predicted octanol–water partition coefficient (Wildman–Crippen LogP) is 5.49. The average molecular weight is 580 g/mol. The summed E-state index contributed by atoms with van der Waals surface area (Å²) in [6.07, 6.45) is 2.93. The molecule has 9 nitrogen and oxygen atoms in total. The van der Waals surface area contributed by atoms with Crippen LogP contribution in [-0.4, -0.2) is 60.9 Å². The fourth-order valence-electron chi connectivity index (χ4n) is 4.64. The van der Waals surface area contributed by atoms with Gasteiger partial charge in [0.05, 0.1) is 13.5 Å². The molecule has 1 aromatic carbocycles. The van der Waals surface area contributed by atoms with Gasteiger partial charge in [-0.05, 0) is 55.0 Å². The van der Waals surface area contributed by atoms with Gasteiger partial charge in [0.25, 0.3) is 0 Å². The second-order valence-corrected chi connectivity index (χ2v) is 10.2. The monoisotopic (exact) mass is 579 g/mol. The average Bonchev–Trinajstić information content (AvgIpc) is 3.33. The number of rotatable bonds is 11. The fourth-order valence-corrected chi connectivity index (χ4v) is 5.42. The van der Waals surface area contributed by atoms with Gasteiger partial charge in [-0.3, -0.25) is 14.5 Å². The van der Waals surface area contributed by atoms with Crippen molar-refractivity contribution in [2.24, 2.45) is 11.8 Å². The number of ether oxygens (including phenoxy) is 3. The van der Waals surface area contributed by atoms with Crippen molar-refractivity contribution in [2.75, 3.05) is 32.3 Å². The Hall–Kier alpha value is -3.71. The summed E-state index contributed by atoms with van der Waals surface area (Å²) in [4.78, 5) is 34.6. The van der Waals surface area contributed by atoms with Crippen LogP contribution in [-0.2, 0) is 14.3 Å². The number of pyridine rings is 1. The summed E-state index contributed by atoms with van der Waals surface area (Å²) < 4.78 is 56.3. The van der Waals surface area contributed by atoms with Crippen LogP contribution in [0.2, 0.25) is 0 Å². The van der Waals surface area contributed by atoms with Gasteiger partial charge < -0.3 is 19.3 Å². The molecule has 40 heavy (non-hydrogen) atoms. The zero-order valence-electron chi connectivity index (χ0n) is 21.8. The number of benzene rings is 1. The smallest absolute Gasteiger partial charge is 0.387 e. The maximum atomic E-state index is 15.4. The van der Waals surface area contributed by atoms with Gasteiger partial charge in [-0.1, -0.05) is 11.3 Å². The topological polar surface area (TPSA) is 111 Å². The van der Waals surface area contributed by atoms with Gasteiger partial charge in [0.1, 0.15) is 11.4 Å². The highest BCUT2D eigenvalue weighted by Gasteiger charge is 2.31. The first-order valence-corrected chi connectivity index (χ1v) is 13.3. The third kappa shape index (κ3) is 7.07. The Balaban J connectivity index is 1.67. The minimum Gasteiger partial charge on any atom is -0.481 e. The number of carboxylic acids is 1. The number of methoxy groups -OCH3 is 1. The lowest BCUT2D eigenvalue weighted by atomic mass is 9.86. The minimum atomic E-state index is -3.09. The molecule has 0 saturated carbocycles. The van der Waals surface area contributed by atoms with Gasteiger partial charge in [0.2, 0.25) is 16.9 Å². The number of hydrogen-bond acceptors (Lipinski definition) is 8. The van der Waals surface area contributed by atoms with Gasteiger partial charge in [-0.25, -0.2) is 9.97 Å². The number of thiazole rings is 1. The maximum absolute atomic E-state index is 15.4. The Bertz CT molecular complexity index is 1330. The maximum Gasteiger partial charge on any atom is 0.387 e. The zero-order chi connectivity index (χ0) is 28.8. The van der Waals surface area contributed by atoms with E-state index in [2.05, 4.69) is 14.7 Å². The number of nitrogens with zero attached hydrogens (tertiary/aromatic N) is 3. The van der Waals surface area contributed by atoms with Crippen molar-refractivity contribution in [3.05, 3.63) is 41.7 Å². The Morgan fingerprint density at radius 3 is 2.58 bits per heavy atom. The van der Waals surface area contributed by atoms with Gasteiger partial charge in [-0.2, -0.15) is 13.2 Å². The Kier molecular flexibility index (Phi) is 9.58. The molecule has 0 unspecified atom stereocenters. The molecule has 0 aliphatic carbocycles. The number of amides is 1. The number of aliphatic carboxylic acids is 1. The molecule has 1 aliphatic rings. The van der Waals surface area contributed by atoms with Gasteiger partial charge in [0, 0.05) is 49.6 Å². The molecule has 214 valence electrons. The largest absolute Gasteiger partial charge is 0.481 e. The van der Waals surface area contributed by atoms with Crippen LogP contribution in [0.1, 0.15) is 25.7 Å². The standard InChI is InChI=1S/C27H28F3N3O6S/c1-33(25(36)17(12-22(34)35)11-15-7-9-38-10-8-15)27-32-23(24(28)40-27)20-13-18(39-26(29)30)4-5-19(20)16-3-6-21(37-2)31-14-16/h3-6,13-15,17,26H,7-12H2,1-2H3,(H,34,35)/t17-/m1/s1. The molecule has 1 fully saturated rings. The number of halogens is 3. The third-order valence-corrected chi connectivity index (χ3v) is 7.57. The Labute approximate surface area is 232 Å². The molecule has 0 spiro atoms. The van der Waals surface area contributed by atoms with Crippen LogP contribution in [0, 0.1) is 17.0 Å². The molecule has 1 saturated heterocycles. The van der Waals surface area contributed by atoms with E-state index in [1.165, 1.54) is 38.6 Å². The van der Waals surface area contributed by atoms with Crippen molar-refractivity contribution in [3.8, 4) is 34.0 Å². The zero-order valence-corrected chi connectivity index (χ0v) is 22.6. The van der Waals surface area contributed by atoms with Crippen molar-refractivity contribution < 1.29 is 42.1 Å². The second kappa shape index (κ2) is 13.1. The molecule has 3 heterocycles. The van der Waals surface area contributed by atoms with E-state index in [1.807, 2.05) is 0 Å². The summed E-state index contributed by atoms with van der Waals surface area (Å²) in [5.41, 5.74) is 0.945. The number of carboxylic acid groups (broad SMARTS) is 1. The molecule has 1 atom stereocenters. The SMILES string of the molecule is COc1ccc(-c2ccc(OC(F)F)cc2-c2nc(N(C)C(=O)[C@@H](CC(=O)O)CC3CCOCC3)sc2F)cn1. The van der Waals surface area contributed by atoms with Crippen LogP contribution in [0.15, 0.2) is 36.5 Å². The number of carbonyl (C=O) groups excluding carboxylic acids is 1. The number of anilines is 1. The molecule has 0 bridgehead atoms. The Morgan fingerprint density at radius 2 is 1.95 bits per heavy atom. The van der Waals surface area contributed by atoms with Crippen LogP contribution in [0.4, 0.5) is 18.3 Å². The van der Waals surface area contributed by atoms with E-state index in [1.54, 1.807) is 12.1 Å².